The Morgan fingerprint density at radius 3 is 2.92 bits per heavy atom. The molecule has 1 fully saturated rings. The van der Waals surface area contributed by atoms with E-state index < -0.39 is 0 Å². The van der Waals surface area contributed by atoms with Crippen molar-refractivity contribution in [3.05, 3.63) is 23.7 Å². The number of rotatable bonds is 5. The number of piperidine rings is 1. The summed E-state index contributed by atoms with van der Waals surface area (Å²) in [6, 6.07) is 2.02. The van der Waals surface area contributed by atoms with Crippen LogP contribution >= 0.6 is 0 Å². The molecule has 0 bridgehead atoms. The van der Waals surface area contributed by atoms with Gasteiger partial charge in [-0.2, -0.15) is 0 Å². The first-order valence-electron chi connectivity index (χ1n) is 9.45. The largest absolute Gasteiger partial charge is 0.469 e. The van der Waals surface area contributed by atoms with E-state index in [1.165, 1.54) is 19.5 Å². The molecule has 3 unspecified atom stereocenters. The van der Waals surface area contributed by atoms with Crippen LogP contribution in [0.1, 0.15) is 56.9 Å². The lowest BCUT2D eigenvalue weighted by atomic mass is 9.92. The molecule has 1 aromatic heterocycles. The number of hydrogen-bond acceptors (Lipinski definition) is 3. The highest BCUT2D eigenvalue weighted by atomic mass is 16.3. The highest BCUT2D eigenvalue weighted by molar-refractivity contribution is 5.74. The number of likely N-dealkylation sites (tertiary alicyclic amines) is 1. The lowest BCUT2D eigenvalue weighted by molar-refractivity contribution is 0.139. The molecular weight excluding hydrogens is 302 g/mol. The Morgan fingerprint density at radius 2 is 2.12 bits per heavy atom. The second-order valence-corrected chi connectivity index (χ2v) is 7.70. The van der Waals surface area contributed by atoms with Crippen molar-refractivity contribution in [3.63, 3.8) is 0 Å². The molecule has 2 aliphatic rings. The van der Waals surface area contributed by atoms with Gasteiger partial charge in [-0.1, -0.05) is 13.8 Å². The number of furan rings is 1. The normalized spacial score (nSPS) is 27.5. The number of aryl methyl sites for hydroxylation is 1. The number of hydrogen-bond donors (Lipinski definition) is 2. The molecule has 0 aromatic carbocycles. The summed E-state index contributed by atoms with van der Waals surface area (Å²) in [5.41, 5.74) is 1.15. The zero-order valence-electron chi connectivity index (χ0n) is 15.0. The summed E-state index contributed by atoms with van der Waals surface area (Å²) in [7, 11) is 0. The number of carbonyl (C=O) groups excluding carboxylic acids is 1. The van der Waals surface area contributed by atoms with Crippen molar-refractivity contribution in [1.29, 1.82) is 0 Å². The van der Waals surface area contributed by atoms with Gasteiger partial charge < -0.3 is 20.0 Å². The van der Waals surface area contributed by atoms with E-state index in [9.17, 15) is 4.79 Å². The van der Waals surface area contributed by atoms with Crippen LogP contribution in [0, 0.1) is 11.8 Å². The van der Waals surface area contributed by atoms with Crippen molar-refractivity contribution in [2.75, 3.05) is 26.2 Å². The van der Waals surface area contributed by atoms with Gasteiger partial charge >= 0.3 is 6.03 Å². The van der Waals surface area contributed by atoms with Crippen LogP contribution < -0.4 is 10.6 Å². The predicted octanol–water partition coefficient (Wildman–Crippen LogP) is 3.32. The molecule has 1 saturated heterocycles. The zero-order valence-corrected chi connectivity index (χ0v) is 15.0. The van der Waals surface area contributed by atoms with E-state index in [1.807, 2.05) is 6.07 Å². The molecule has 1 aliphatic heterocycles. The fourth-order valence-corrected chi connectivity index (χ4v) is 4.32. The Balaban J connectivity index is 1.35. The fraction of sp³-hybridized carbons (Fsp3) is 0.737. The average molecular weight is 333 g/mol. The van der Waals surface area contributed by atoms with E-state index in [2.05, 4.69) is 29.4 Å². The van der Waals surface area contributed by atoms with Crippen LogP contribution in [0.15, 0.2) is 16.7 Å². The molecule has 0 saturated carbocycles. The van der Waals surface area contributed by atoms with Crippen LogP contribution in [0.5, 0.6) is 0 Å². The van der Waals surface area contributed by atoms with Gasteiger partial charge in [0.2, 0.25) is 0 Å². The first-order chi connectivity index (χ1) is 11.6. The van der Waals surface area contributed by atoms with Gasteiger partial charge in [0, 0.05) is 31.6 Å². The predicted molar refractivity (Wildman–Crippen MR) is 94.9 cm³/mol. The maximum Gasteiger partial charge on any atom is 0.315 e. The van der Waals surface area contributed by atoms with Gasteiger partial charge in [-0.25, -0.2) is 4.79 Å². The molecule has 134 valence electrons. The molecule has 5 heteroatoms. The topological polar surface area (TPSA) is 57.5 Å². The van der Waals surface area contributed by atoms with Gasteiger partial charge in [-0.15, -0.1) is 0 Å². The van der Waals surface area contributed by atoms with Crippen LogP contribution in [0.25, 0.3) is 0 Å². The second kappa shape index (κ2) is 8.06. The second-order valence-electron chi connectivity index (χ2n) is 7.70. The minimum absolute atomic E-state index is 0.0607. The Hall–Kier alpha value is -1.49. The average Bonchev–Trinajstić information content (AvgIpc) is 3.00. The van der Waals surface area contributed by atoms with E-state index in [0.29, 0.717) is 0 Å². The van der Waals surface area contributed by atoms with Crippen LogP contribution in [0.4, 0.5) is 4.79 Å². The highest BCUT2D eigenvalue weighted by Gasteiger charge is 2.24. The molecule has 0 spiro atoms. The van der Waals surface area contributed by atoms with Crippen molar-refractivity contribution in [2.45, 2.75) is 52.0 Å². The van der Waals surface area contributed by atoms with E-state index in [4.69, 9.17) is 4.42 Å². The smallest absolute Gasteiger partial charge is 0.315 e. The minimum Gasteiger partial charge on any atom is -0.469 e. The number of nitrogens with zero attached hydrogens (tertiary/aromatic N) is 1. The third-order valence-corrected chi connectivity index (χ3v) is 5.24. The van der Waals surface area contributed by atoms with E-state index in [-0.39, 0.29) is 12.1 Å². The maximum absolute atomic E-state index is 12.1. The van der Waals surface area contributed by atoms with Crippen molar-refractivity contribution in [2.24, 2.45) is 11.8 Å². The summed E-state index contributed by atoms with van der Waals surface area (Å²) in [4.78, 5) is 14.7. The van der Waals surface area contributed by atoms with E-state index in [0.717, 1.165) is 61.9 Å². The number of amides is 2. The molecule has 24 heavy (non-hydrogen) atoms. The van der Waals surface area contributed by atoms with Crippen LogP contribution in [0.3, 0.4) is 0 Å². The van der Waals surface area contributed by atoms with Crippen LogP contribution in [-0.2, 0) is 6.42 Å². The summed E-state index contributed by atoms with van der Waals surface area (Å²) < 4.78 is 5.47. The summed E-state index contributed by atoms with van der Waals surface area (Å²) in [6.45, 7) is 8.87. The molecular formula is C19H31N3O2. The van der Waals surface area contributed by atoms with Gasteiger partial charge in [-0.3, -0.25) is 0 Å². The third-order valence-electron chi connectivity index (χ3n) is 5.24. The van der Waals surface area contributed by atoms with Gasteiger partial charge in [0.15, 0.2) is 0 Å². The molecule has 3 rings (SSSR count). The van der Waals surface area contributed by atoms with Crippen LogP contribution in [-0.4, -0.2) is 37.1 Å². The lowest BCUT2D eigenvalue weighted by Gasteiger charge is -2.34. The highest BCUT2D eigenvalue weighted by Crippen LogP contribution is 2.30. The van der Waals surface area contributed by atoms with Gasteiger partial charge in [0.1, 0.15) is 5.76 Å². The molecule has 5 nitrogen and oxygen atoms in total. The summed E-state index contributed by atoms with van der Waals surface area (Å²) in [5.74, 6) is 2.61. The number of nitrogens with one attached hydrogen (secondary N) is 2. The Kier molecular flexibility index (Phi) is 5.82. The first kappa shape index (κ1) is 17.3. The van der Waals surface area contributed by atoms with E-state index >= 15 is 0 Å². The van der Waals surface area contributed by atoms with Crippen molar-refractivity contribution in [3.8, 4) is 0 Å². The summed E-state index contributed by atoms with van der Waals surface area (Å²) in [6.07, 6.45) is 7.11. The van der Waals surface area contributed by atoms with Crippen molar-refractivity contribution < 1.29 is 9.21 Å². The summed E-state index contributed by atoms with van der Waals surface area (Å²) in [5, 5.41) is 6.10. The molecule has 1 aliphatic carbocycles. The lowest BCUT2D eigenvalue weighted by Crippen LogP contribution is -2.42. The summed E-state index contributed by atoms with van der Waals surface area (Å²) >= 11 is 0. The minimum atomic E-state index is -0.0607. The van der Waals surface area contributed by atoms with Crippen molar-refractivity contribution in [1.82, 2.24) is 15.5 Å². The van der Waals surface area contributed by atoms with Crippen molar-refractivity contribution >= 4 is 6.03 Å². The van der Waals surface area contributed by atoms with Crippen LogP contribution in [0.2, 0.25) is 0 Å². The molecule has 1 aromatic rings. The quantitative estimate of drug-likeness (QED) is 0.813. The first-order valence-corrected chi connectivity index (χ1v) is 9.45. The van der Waals surface area contributed by atoms with Gasteiger partial charge in [0.05, 0.1) is 12.3 Å². The standard InChI is InChI=1S/C19H31N3O2/c1-14-11-15(2)13-22(12-14)9-4-8-20-19(23)21-17-5-3-6-18-16(17)7-10-24-18/h7,10,14-15,17H,3-6,8-9,11-13H2,1-2H3,(H2,20,21,23). The third kappa shape index (κ3) is 4.53. The number of carbonyl (C=O) groups is 1. The number of urea groups is 1. The Morgan fingerprint density at radius 1 is 1.33 bits per heavy atom. The maximum atomic E-state index is 12.1. The van der Waals surface area contributed by atoms with Gasteiger partial charge in [-0.05, 0) is 50.1 Å². The Bertz CT molecular complexity index is 532. The van der Waals surface area contributed by atoms with Gasteiger partial charge in [0.25, 0.3) is 0 Å². The molecule has 0 radical (unpaired) electrons. The molecule has 2 amide bonds. The SMILES string of the molecule is CC1CC(C)CN(CCCNC(=O)NC2CCCc3occc32)C1. The Labute approximate surface area is 145 Å². The van der Waals surface area contributed by atoms with E-state index in [1.54, 1.807) is 6.26 Å². The number of fused-ring (bicyclic) bond motifs is 1. The fourth-order valence-electron chi connectivity index (χ4n) is 4.32. The molecule has 3 atom stereocenters. The monoisotopic (exact) mass is 333 g/mol. The molecule has 2 heterocycles. The molecule has 2 N–H and O–H groups in total. The zero-order chi connectivity index (χ0) is 16.9.